The van der Waals surface area contributed by atoms with Crippen LogP contribution in [0.1, 0.15) is 37.9 Å². The van der Waals surface area contributed by atoms with Gasteiger partial charge in [0.05, 0.1) is 11.6 Å². The molecule has 3 nitrogen and oxygen atoms in total. The highest BCUT2D eigenvalue weighted by Crippen LogP contribution is 2.34. The second-order valence-electron chi connectivity index (χ2n) is 4.59. The lowest BCUT2D eigenvalue weighted by Crippen LogP contribution is -2.43. The van der Waals surface area contributed by atoms with Crippen molar-refractivity contribution in [3.63, 3.8) is 0 Å². The average molecular weight is 288 g/mol. The standard InChI is InChI=1S/C14H19F3N2O/c1-4-18-13(20)10(3)19-9(2)11-7-5-6-8-12(11)14(15,16)17/h5-10,19H,4H2,1-3H3,(H,18,20). The molecule has 0 radical (unpaired) electrons. The third kappa shape index (κ3) is 4.23. The topological polar surface area (TPSA) is 41.1 Å². The van der Waals surface area contributed by atoms with Gasteiger partial charge in [-0.05, 0) is 32.4 Å². The number of likely N-dealkylation sites (N-methyl/N-ethyl adjacent to an activating group) is 1. The summed E-state index contributed by atoms with van der Waals surface area (Å²) in [7, 11) is 0. The summed E-state index contributed by atoms with van der Waals surface area (Å²) < 4.78 is 38.8. The lowest BCUT2D eigenvalue weighted by Gasteiger charge is -2.22. The van der Waals surface area contributed by atoms with Crippen LogP contribution >= 0.6 is 0 Å². The van der Waals surface area contributed by atoms with Crippen molar-refractivity contribution < 1.29 is 18.0 Å². The molecular weight excluding hydrogens is 269 g/mol. The number of alkyl halides is 3. The summed E-state index contributed by atoms with van der Waals surface area (Å²) >= 11 is 0. The zero-order valence-electron chi connectivity index (χ0n) is 11.7. The van der Waals surface area contributed by atoms with E-state index in [1.165, 1.54) is 12.1 Å². The van der Waals surface area contributed by atoms with E-state index in [9.17, 15) is 18.0 Å². The molecule has 2 unspecified atom stereocenters. The van der Waals surface area contributed by atoms with Crippen molar-refractivity contribution in [2.45, 2.75) is 39.0 Å². The summed E-state index contributed by atoms with van der Waals surface area (Å²) in [5.41, 5.74) is -0.542. The number of nitrogens with one attached hydrogen (secondary N) is 2. The van der Waals surface area contributed by atoms with Gasteiger partial charge in [-0.25, -0.2) is 0 Å². The van der Waals surface area contributed by atoms with Crippen LogP contribution in [-0.2, 0) is 11.0 Å². The zero-order chi connectivity index (χ0) is 15.3. The first-order valence-electron chi connectivity index (χ1n) is 6.47. The molecule has 1 aromatic carbocycles. The number of benzene rings is 1. The molecule has 1 aromatic rings. The Kier molecular flexibility index (Phi) is 5.56. The molecule has 0 spiro atoms. The molecule has 20 heavy (non-hydrogen) atoms. The summed E-state index contributed by atoms with van der Waals surface area (Å²) in [6.45, 7) is 5.50. The van der Waals surface area contributed by atoms with Gasteiger partial charge in [0.2, 0.25) is 5.91 Å². The molecule has 112 valence electrons. The van der Waals surface area contributed by atoms with E-state index in [0.717, 1.165) is 6.07 Å². The van der Waals surface area contributed by atoms with Crippen LogP contribution in [0.2, 0.25) is 0 Å². The summed E-state index contributed by atoms with van der Waals surface area (Å²) in [6, 6.07) is 4.23. The van der Waals surface area contributed by atoms with Crippen molar-refractivity contribution in [1.82, 2.24) is 10.6 Å². The molecule has 0 aliphatic carbocycles. The predicted molar refractivity (Wildman–Crippen MR) is 71.1 cm³/mol. The molecule has 1 amide bonds. The molecule has 0 aliphatic heterocycles. The molecule has 1 rings (SSSR count). The Bertz CT molecular complexity index is 460. The fraction of sp³-hybridized carbons (Fsp3) is 0.500. The van der Waals surface area contributed by atoms with Crippen LogP contribution < -0.4 is 10.6 Å². The lowest BCUT2D eigenvalue weighted by molar-refractivity contribution is -0.138. The molecule has 0 fully saturated rings. The molecule has 2 N–H and O–H groups in total. The number of carbonyl (C=O) groups excluding carboxylic acids is 1. The van der Waals surface area contributed by atoms with Crippen LogP contribution in [0.4, 0.5) is 13.2 Å². The second kappa shape index (κ2) is 6.74. The number of hydrogen-bond donors (Lipinski definition) is 2. The highest BCUT2D eigenvalue weighted by Gasteiger charge is 2.34. The third-order valence-corrected chi connectivity index (χ3v) is 2.98. The molecule has 0 heterocycles. The van der Waals surface area contributed by atoms with Crippen molar-refractivity contribution in [1.29, 1.82) is 0 Å². The van der Waals surface area contributed by atoms with E-state index in [-0.39, 0.29) is 11.5 Å². The Morgan fingerprint density at radius 1 is 1.25 bits per heavy atom. The number of hydrogen-bond acceptors (Lipinski definition) is 2. The molecule has 0 saturated carbocycles. The minimum Gasteiger partial charge on any atom is -0.355 e. The molecule has 6 heteroatoms. The highest BCUT2D eigenvalue weighted by atomic mass is 19.4. The smallest absolute Gasteiger partial charge is 0.355 e. The normalized spacial score (nSPS) is 14.7. The maximum absolute atomic E-state index is 12.9. The van der Waals surface area contributed by atoms with E-state index >= 15 is 0 Å². The van der Waals surface area contributed by atoms with Gasteiger partial charge in [-0.3, -0.25) is 10.1 Å². The molecule has 2 atom stereocenters. The largest absolute Gasteiger partial charge is 0.416 e. The van der Waals surface area contributed by atoms with E-state index in [2.05, 4.69) is 10.6 Å². The fourth-order valence-electron chi connectivity index (χ4n) is 2.00. The van der Waals surface area contributed by atoms with Crippen LogP contribution in [0.25, 0.3) is 0 Å². The van der Waals surface area contributed by atoms with Gasteiger partial charge in [0, 0.05) is 12.6 Å². The van der Waals surface area contributed by atoms with Crippen molar-refractivity contribution in [2.24, 2.45) is 0 Å². The van der Waals surface area contributed by atoms with E-state index < -0.39 is 23.8 Å². The van der Waals surface area contributed by atoms with Crippen molar-refractivity contribution in [3.8, 4) is 0 Å². The van der Waals surface area contributed by atoms with Crippen LogP contribution in [-0.4, -0.2) is 18.5 Å². The van der Waals surface area contributed by atoms with Crippen molar-refractivity contribution in [3.05, 3.63) is 35.4 Å². The predicted octanol–water partition coefficient (Wildman–Crippen LogP) is 2.88. The molecule has 0 aromatic heterocycles. The fourth-order valence-corrected chi connectivity index (χ4v) is 2.00. The minimum atomic E-state index is -4.40. The Balaban J connectivity index is 2.88. The Morgan fingerprint density at radius 2 is 1.85 bits per heavy atom. The lowest BCUT2D eigenvalue weighted by atomic mass is 10.0. The maximum atomic E-state index is 12.9. The summed E-state index contributed by atoms with van der Waals surface area (Å²) in [4.78, 5) is 11.6. The SMILES string of the molecule is CCNC(=O)C(C)NC(C)c1ccccc1C(F)(F)F. The number of carbonyl (C=O) groups is 1. The first-order chi connectivity index (χ1) is 9.27. The average Bonchev–Trinajstić information content (AvgIpc) is 2.37. The quantitative estimate of drug-likeness (QED) is 0.874. The van der Waals surface area contributed by atoms with Gasteiger partial charge in [-0.2, -0.15) is 13.2 Å². The van der Waals surface area contributed by atoms with Gasteiger partial charge in [-0.1, -0.05) is 18.2 Å². The number of amides is 1. The van der Waals surface area contributed by atoms with E-state index in [1.54, 1.807) is 26.8 Å². The van der Waals surface area contributed by atoms with Gasteiger partial charge in [0.15, 0.2) is 0 Å². The minimum absolute atomic E-state index is 0.135. The van der Waals surface area contributed by atoms with Crippen LogP contribution in [0.5, 0.6) is 0 Å². The maximum Gasteiger partial charge on any atom is 0.416 e. The monoisotopic (exact) mass is 288 g/mol. The first kappa shape index (κ1) is 16.5. The van der Waals surface area contributed by atoms with Gasteiger partial charge in [0.1, 0.15) is 0 Å². The summed E-state index contributed by atoms with van der Waals surface area (Å²) in [5.74, 6) is -0.233. The second-order valence-corrected chi connectivity index (χ2v) is 4.59. The van der Waals surface area contributed by atoms with E-state index in [0.29, 0.717) is 6.54 Å². The van der Waals surface area contributed by atoms with Gasteiger partial charge >= 0.3 is 6.18 Å². The van der Waals surface area contributed by atoms with E-state index in [4.69, 9.17) is 0 Å². The Hall–Kier alpha value is -1.56. The van der Waals surface area contributed by atoms with Crippen LogP contribution in [0.3, 0.4) is 0 Å². The zero-order valence-corrected chi connectivity index (χ0v) is 11.7. The first-order valence-corrected chi connectivity index (χ1v) is 6.47. The summed E-state index contributed by atoms with van der Waals surface area (Å²) in [5, 5.41) is 5.50. The van der Waals surface area contributed by atoms with Crippen LogP contribution in [0.15, 0.2) is 24.3 Å². The number of rotatable bonds is 5. The molecule has 0 aliphatic rings. The van der Waals surface area contributed by atoms with Gasteiger partial charge < -0.3 is 5.32 Å². The molecular formula is C14H19F3N2O. The van der Waals surface area contributed by atoms with Gasteiger partial charge in [-0.15, -0.1) is 0 Å². The number of halogens is 3. The Morgan fingerprint density at radius 3 is 2.40 bits per heavy atom. The summed E-state index contributed by atoms with van der Waals surface area (Å²) in [6.07, 6.45) is -4.40. The highest BCUT2D eigenvalue weighted by molar-refractivity contribution is 5.81. The van der Waals surface area contributed by atoms with Crippen LogP contribution in [0, 0.1) is 0 Å². The Labute approximate surface area is 116 Å². The molecule has 0 saturated heterocycles. The molecule has 0 bridgehead atoms. The van der Waals surface area contributed by atoms with Crippen molar-refractivity contribution in [2.75, 3.05) is 6.54 Å². The van der Waals surface area contributed by atoms with Gasteiger partial charge in [0.25, 0.3) is 0 Å². The van der Waals surface area contributed by atoms with Crippen molar-refractivity contribution >= 4 is 5.91 Å². The third-order valence-electron chi connectivity index (χ3n) is 2.98. The van der Waals surface area contributed by atoms with E-state index in [1.807, 2.05) is 0 Å².